The lowest BCUT2D eigenvalue weighted by atomic mass is 9.89. The molecule has 8 heteroatoms. The number of benzene rings is 1. The number of nitrogens with zero attached hydrogens (tertiary/aromatic N) is 4. The van der Waals surface area contributed by atoms with Crippen molar-refractivity contribution in [1.82, 2.24) is 9.88 Å². The molecule has 0 unspecified atom stereocenters. The first-order valence-corrected chi connectivity index (χ1v) is 10.6. The summed E-state index contributed by atoms with van der Waals surface area (Å²) in [6, 6.07) is 11.2. The van der Waals surface area contributed by atoms with Crippen LogP contribution in [0.15, 0.2) is 36.5 Å². The van der Waals surface area contributed by atoms with Crippen LogP contribution in [0.4, 0.5) is 5.82 Å². The third kappa shape index (κ3) is 3.77. The number of hydrogen-bond acceptors (Lipinski definition) is 7. The van der Waals surface area contributed by atoms with E-state index in [1.807, 2.05) is 23.1 Å². The molecular formula is C23H24N4O4. The monoisotopic (exact) mass is 420 g/mol. The molecule has 8 nitrogen and oxygen atoms in total. The quantitative estimate of drug-likeness (QED) is 0.736. The fourth-order valence-electron chi connectivity index (χ4n) is 4.51. The number of carbonyl (C=O) groups excluding carboxylic acids is 1. The number of piperidine rings is 1. The van der Waals surface area contributed by atoms with Crippen molar-refractivity contribution in [3.63, 3.8) is 0 Å². The summed E-state index contributed by atoms with van der Waals surface area (Å²) in [5.41, 5.74) is 0.817. The molecular weight excluding hydrogens is 396 g/mol. The van der Waals surface area contributed by atoms with Crippen LogP contribution in [-0.4, -0.2) is 67.4 Å². The Morgan fingerprint density at radius 3 is 2.68 bits per heavy atom. The molecule has 2 aromatic rings. The van der Waals surface area contributed by atoms with Gasteiger partial charge in [0.05, 0.1) is 23.3 Å². The summed E-state index contributed by atoms with van der Waals surface area (Å²) in [6.07, 6.45) is 3.13. The molecule has 0 radical (unpaired) electrons. The first-order valence-electron chi connectivity index (χ1n) is 10.6. The van der Waals surface area contributed by atoms with Crippen molar-refractivity contribution in [1.29, 1.82) is 5.26 Å². The number of nitriles is 1. The predicted octanol–water partition coefficient (Wildman–Crippen LogP) is 2.24. The van der Waals surface area contributed by atoms with Crippen molar-refractivity contribution in [3.8, 4) is 17.6 Å². The molecule has 2 fully saturated rings. The highest BCUT2D eigenvalue weighted by atomic mass is 16.6. The van der Waals surface area contributed by atoms with E-state index in [1.54, 1.807) is 18.3 Å². The van der Waals surface area contributed by atoms with Crippen molar-refractivity contribution >= 4 is 11.7 Å². The van der Waals surface area contributed by atoms with E-state index >= 15 is 0 Å². The summed E-state index contributed by atoms with van der Waals surface area (Å²) >= 11 is 0. The Hall–Kier alpha value is -3.31. The summed E-state index contributed by atoms with van der Waals surface area (Å²) in [5, 5.41) is 8.98. The molecule has 5 rings (SSSR count). The maximum atomic E-state index is 13.2. The lowest BCUT2D eigenvalue weighted by molar-refractivity contribution is -0.0870. The first kappa shape index (κ1) is 19.6. The Morgan fingerprint density at radius 1 is 1.06 bits per heavy atom. The molecule has 1 amide bonds. The Kier molecular flexibility index (Phi) is 5.12. The van der Waals surface area contributed by atoms with Crippen molar-refractivity contribution in [2.75, 3.05) is 50.9 Å². The van der Waals surface area contributed by atoms with Crippen LogP contribution in [0.2, 0.25) is 0 Å². The number of para-hydroxylation sites is 1. The zero-order chi connectivity index (χ0) is 21.3. The Bertz CT molecular complexity index is 1010. The number of aromatic nitrogens is 1. The number of pyridine rings is 1. The molecule has 2 saturated heterocycles. The van der Waals surface area contributed by atoms with Crippen LogP contribution in [-0.2, 0) is 4.74 Å². The molecule has 3 aliphatic rings. The van der Waals surface area contributed by atoms with Gasteiger partial charge in [0.1, 0.15) is 25.1 Å². The molecule has 4 heterocycles. The topological polar surface area (TPSA) is 87.9 Å². The van der Waals surface area contributed by atoms with Gasteiger partial charge in [-0.2, -0.15) is 5.26 Å². The van der Waals surface area contributed by atoms with Crippen LogP contribution in [0.5, 0.6) is 11.5 Å². The van der Waals surface area contributed by atoms with E-state index in [9.17, 15) is 4.79 Å². The lowest BCUT2D eigenvalue weighted by Gasteiger charge is -2.47. The standard InChI is InChI=1S/C23H24N4O4/c24-14-17-4-5-20(25-15-17)27-10-11-31-23(16-27)6-8-26(9-7-23)22(28)18-2-1-3-19-21(18)30-13-12-29-19/h1-5,15H,6-13,16H2. The molecule has 160 valence electrons. The highest BCUT2D eigenvalue weighted by molar-refractivity contribution is 5.98. The SMILES string of the molecule is N#Cc1ccc(N2CCOC3(CCN(C(=O)c4cccc5c4OCCO5)CC3)C2)nc1. The number of amides is 1. The second-order valence-electron chi connectivity index (χ2n) is 8.09. The van der Waals surface area contributed by atoms with E-state index in [-0.39, 0.29) is 11.5 Å². The van der Waals surface area contributed by atoms with Gasteiger partial charge in [0, 0.05) is 32.4 Å². The van der Waals surface area contributed by atoms with E-state index in [0.717, 1.165) is 31.7 Å². The second-order valence-corrected chi connectivity index (χ2v) is 8.09. The number of hydrogen-bond donors (Lipinski definition) is 0. The second kappa shape index (κ2) is 8.08. The normalized spacial score (nSPS) is 19.7. The van der Waals surface area contributed by atoms with Gasteiger partial charge in [0.2, 0.25) is 0 Å². The number of morpholine rings is 1. The van der Waals surface area contributed by atoms with Crippen molar-refractivity contribution in [2.45, 2.75) is 18.4 Å². The summed E-state index contributed by atoms with van der Waals surface area (Å²) in [4.78, 5) is 21.7. The van der Waals surface area contributed by atoms with Crippen LogP contribution < -0.4 is 14.4 Å². The lowest BCUT2D eigenvalue weighted by Crippen LogP contribution is -2.57. The minimum absolute atomic E-state index is 0.0291. The van der Waals surface area contributed by atoms with Gasteiger partial charge < -0.3 is 24.0 Å². The van der Waals surface area contributed by atoms with Crippen molar-refractivity contribution in [2.24, 2.45) is 0 Å². The minimum Gasteiger partial charge on any atom is -0.486 e. The molecule has 0 saturated carbocycles. The fourth-order valence-corrected chi connectivity index (χ4v) is 4.51. The highest BCUT2D eigenvalue weighted by Crippen LogP contribution is 2.36. The molecule has 0 bridgehead atoms. The number of carbonyl (C=O) groups is 1. The smallest absolute Gasteiger partial charge is 0.257 e. The average molecular weight is 420 g/mol. The molecule has 31 heavy (non-hydrogen) atoms. The minimum atomic E-state index is -0.291. The van der Waals surface area contributed by atoms with Gasteiger partial charge in [-0.05, 0) is 37.1 Å². The molecule has 0 N–H and O–H groups in total. The van der Waals surface area contributed by atoms with E-state index in [1.165, 1.54) is 0 Å². The Labute approximate surface area is 180 Å². The Morgan fingerprint density at radius 2 is 1.90 bits per heavy atom. The van der Waals surface area contributed by atoms with Crippen LogP contribution in [0.3, 0.4) is 0 Å². The van der Waals surface area contributed by atoms with Gasteiger partial charge >= 0.3 is 0 Å². The molecule has 1 spiro atoms. The number of rotatable bonds is 2. The van der Waals surface area contributed by atoms with E-state index in [2.05, 4.69) is 16.0 Å². The maximum absolute atomic E-state index is 13.2. The van der Waals surface area contributed by atoms with Crippen LogP contribution in [0, 0.1) is 11.3 Å². The molecule has 1 aromatic heterocycles. The van der Waals surface area contributed by atoms with Crippen molar-refractivity contribution in [3.05, 3.63) is 47.7 Å². The zero-order valence-corrected chi connectivity index (χ0v) is 17.2. The predicted molar refractivity (Wildman–Crippen MR) is 112 cm³/mol. The molecule has 0 atom stereocenters. The van der Waals surface area contributed by atoms with E-state index < -0.39 is 0 Å². The van der Waals surface area contributed by atoms with Gasteiger partial charge in [-0.15, -0.1) is 0 Å². The van der Waals surface area contributed by atoms with Gasteiger partial charge in [-0.3, -0.25) is 4.79 Å². The third-order valence-corrected chi connectivity index (χ3v) is 6.21. The summed E-state index contributed by atoms with van der Waals surface area (Å²) in [7, 11) is 0. The van der Waals surface area contributed by atoms with Gasteiger partial charge in [0.15, 0.2) is 11.5 Å². The summed E-state index contributed by atoms with van der Waals surface area (Å²) in [6.45, 7) is 4.30. The maximum Gasteiger partial charge on any atom is 0.257 e. The van der Waals surface area contributed by atoms with Crippen molar-refractivity contribution < 1.29 is 19.0 Å². The van der Waals surface area contributed by atoms with E-state index in [4.69, 9.17) is 19.5 Å². The first-order chi connectivity index (χ1) is 15.2. The van der Waals surface area contributed by atoms with E-state index in [0.29, 0.717) is 55.5 Å². The molecule has 0 aliphatic carbocycles. The number of anilines is 1. The molecule has 1 aromatic carbocycles. The number of ether oxygens (including phenoxy) is 3. The Balaban J connectivity index is 1.26. The largest absolute Gasteiger partial charge is 0.486 e. The van der Waals surface area contributed by atoms with Gasteiger partial charge in [-0.25, -0.2) is 4.98 Å². The van der Waals surface area contributed by atoms with Crippen LogP contribution in [0.25, 0.3) is 0 Å². The third-order valence-electron chi connectivity index (χ3n) is 6.21. The van der Waals surface area contributed by atoms with Gasteiger partial charge in [0.25, 0.3) is 5.91 Å². The molecule has 3 aliphatic heterocycles. The average Bonchev–Trinajstić information content (AvgIpc) is 2.84. The number of likely N-dealkylation sites (tertiary alicyclic amines) is 1. The zero-order valence-electron chi connectivity index (χ0n) is 17.2. The highest BCUT2D eigenvalue weighted by Gasteiger charge is 2.41. The number of fused-ring (bicyclic) bond motifs is 1. The van der Waals surface area contributed by atoms with Gasteiger partial charge in [-0.1, -0.05) is 6.07 Å². The van der Waals surface area contributed by atoms with Crippen LogP contribution >= 0.6 is 0 Å². The fraction of sp³-hybridized carbons (Fsp3) is 0.435. The summed E-state index contributed by atoms with van der Waals surface area (Å²) in [5.74, 6) is 2.00. The summed E-state index contributed by atoms with van der Waals surface area (Å²) < 4.78 is 17.6. The van der Waals surface area contributed by atoms with Crippen LogP contribution in [0.1, 0.15) is 28.8 Å².